The number of aromatic nitrogens is 1. The predicted molar refractivity (Wildman–Crippen MR) is 65.1 cm³/mol. The highest BCUT2D eigenvalue weighted by Gasteiger charge is 2.40. The molecule has 0 aliphatic carbocycles. The molecule has 1 aromatic rings. The lowest BCUT2D eigenvalue weighted by Gasteiger charge is -2.39. The SMILES string of the molecule is CC(C)N1C(N)=NCC1(C)c1cccnc1. The first-order valence-corrected chi connectivity index (χ1v) is 5.55. The molecule has 4 heteroatoms. The van der Waals surface area contributed by atoms with E-state index in [1.54, 1.807) is 6.20 Å². The van der Waals surface area contributed by atoms with Crippen LogP contribution in [0, 0.1) is 0 Å². The van der Waals surface area contributed by atoms with Gasteiger partial charge in [-0.25, -0.2) is 0 Å². The Labute approximate surface area is 96.2 Å². The fourth-order valence-corrected chi connectivity index (χ4v) is 2.39. The average molecular weight is 218 g/mol. The molecule has 0 fully saturated rings. The zero-order chi connectivity index (χ0) is 11.8. The molecule has 0 amide bonds. The van der Waals surface area contributed by atoms with Crippen molar-refractivity contribution in [2.75, 3.05) is 6.54 Å². The first-order chi connectivity index (χ1) is 7.55. The van der Waals surface area contributed by atoms with Gasteiger partial charge >= 0.3 is 0 Å². The summed E-state index contributed by atoms with van der Waals surface area (Å²) in [6.45, 7) is 7.11. The van der Waals surface area contributed by atoms with E-state index < -0.39 is 0 Å². The summed E-state index contributed by atoms with van der Waals surface area (Å²) in [6.07, 6.45) is 3.68. The van der Waals surface area contributed by atoms with Gasteiger partial charge in [-0.1, -0.05) is 6.07 Å². The molecule has 0 saturated heterocycles. The first-order valence-electron chi connectivity index (χ1n) is 5.55. The number of guanidine groups is 1. The highest BCUT2D eigenvalue weighted by atomic mass is 15.4. The molecule has 1 unspecified atom stereocenters. The number of nitrogens with zero attached hydrogens (tertiary/aromatic N) is 3. The number of hydrogen-bond acceptors (Lipinski definition) is 4. The van der Waals surface area contributed by atoms with Crippen molar-refractivity contribution in [2.24, 2.45) is 10.7 Å². The lowest BCUT2D eigenvalue weighted by Crippen LogP contribution is -2.51. The van der Waals surface area contributed by atoms with Crippen LogP contribution in [0.4, 0.5) is 0 Å². The molecule has 0 bridgehead atoms. The largest absolute Gasteiger partial charge is 0.370 e. The molecule has 1 aromatic heterocycles. The molecule has 0 aromatic carbocycles. The molecule has 86 valence electrons. The van der Waals surface area contributed by atoms with Crippen LogP contribution in [0.5, 0.6) is 0 Å². The summed E-state index contributed by atoms with van der Waals surface area (Å²) in [6, 6.07) is 4.36. The van der Waals surface area contributed by atoms with Gasteiger partial charge in [0.15, 0.2) is 5.96 Å². The highest BCUT2D eigenvalue weighted by Crippen LogP contribution is 2.33. The molecule has 1 aliphatic heterocycles. The second kappa shape index (κ2) is 3.77. The minimum Gasteiger partial charge on any atom is -0.370 e. The molecule has 1 atom stereocenters. The number of nitrogens with two attached hydrogens (primary N) is 1. The van der Waals surface area contributed by atoms with Crippen molar-refractivity contribution < 1.29 is 0 Å². The van der Waals surface area contributed by atoms with Gasteiger partial charge in [-0.3, -0.25) is 9.98 Å². The molecule has 2 N–H and O–H groups in total. The van der Waals surface area contributed by atoms with E-state index in [2.05, 4.69) is 41.7 Å². The van der Waals surface area contributed by atoms with Crippen molar-refractivity contribution in [3.8, 4) is 0 Å². The normalized spacial score (nSPS) is 25.0. The first kappa shape index (κ1) is 10.9. The van der Waals surface area contributed by atoms with Gasteiger partial charge in [0, 0.05) is 18.4 Å². The Kier molecular flexibility index (Phi) is 2.58. The standard InChI is InChI=1S/C12H18N4/c1-9(2)16-11(13)15-8-12(16,3)10-5-4-6-14-7-10/h4-7,9H,8H2,1-3H3,(H2,13,15). The Balaban J connectivity index is 2.40. The monoisotopic (exact) mass is 218 g/mol. The minimum atomic E-state index is -0.160. The summed E-state index contributed by atoms with van der Waals surface area (Å²) < 4.78 is 0. The summed E-state index contributed by atoms with van der Waals surface area (Å²) in [5.41, 5.74) is 6.95. The molecule has 4 nitrogen and oxygen atoms in total. The molecule has 0 spiro atoms. The lowest BCUT2D eigenvalue weighted by atomic mass is 9.91. The van der Waals surface area contributed by atoms with Crippen LogP contribution in [0.2, 0.25) is 0 Å². The van der Waals surface area contributed by atoms with Crippen molar-refractivity contribution in [1.29, 1.82) is 0 Å². The van der Waals surface area contributed by atoms with Crippen molar-refractivity contribution in [3.05, 3.63) is 30.1 Å². The van der Waals surface area contributed by atoms with Gasteiger partial charge in [0.2, 0.25) is 0 Å². The second-order valence-corrected chi connectivity index (χ2v) is 4.65. The Morgan fingerprint density at radius 2 is 2.25 bits per heavy atom. The van der Waals surface area contributed by atoms with E-state index >= 15 is 0 Å². The van der Waals surface area contributed by atoms with Gasteiger partial charge in [-0.15, -0.1) is 0 Å². The molecule has 16 heavy (non-hydrogen) atoms. The van der Waals surface area contributed by atoms with Crippen LogP contribution < -0.4 is 5.73 Å². The van der Waals surface area contributed by atoms with E-state index in [0.29, 0.717) is 18.5 Å². The molecular weight excluding hydrogens is 200 g/mol. The van der Waals surface area contributed by atoms with E-state index in [0.717, 1.165) is 5.56 Å². The molecule has 2 rings (SSSR count). The van der Waals surface area contributed by atoms with Gasteiger partial charge in [-0.2, -0.15) is 0 Å². The van der Waals surface area contributed by atoms with Crippen LogP contribution in [-0.2, 0) is 5.54 Å². The Morgan fingerprint density at radius 1 is 1.50 bits per heavy atom. The zero-order valence-electron chi connectivity index (χ0n) is 10.0. The van der Waals surface area contributed by atoms with Crippen molar-refractivity contribution in [1.82, 2.24) is 9.88 Å². The van der Waals surface area contributed by atoms with Crippen LogP contribution in [0.1, 0.15) is 26.3 Å². The summed E-state index contributed by atoms with van der Waals surface area (Å²) in [5.74, 6) is 0.626. The number of hydrogen-bond donors (Lipinski definition) is 1. The third-order valence-corrected chi connectivity index (χ3v) is 3.13. The number of pyridine rings is 1. The Bertz CT molecular complexity index is 399. The van der Waals surface area contributed by atoms with Crippen molar-refractivity contribution in [2.45, 2.75) is 32.4 Å². The van der Waals surface area contributed by atoms with Crippen molar-refractivity contribution >= 4 is 5.96 Å². The molecule has 2 heterocycles. The number of rotatable bonds is 2. The minimum absolute atomic E-state index is 0.160. The third kappa shape index (κ3) is 1.54. The topological polar surface area (TPSA) is 54.5 Å². The Hall–Kier alpha value is -1.58. The molecular formula is C12H18N4. The summed E-state index contributed by atoms with van der Waals surface area (Å²) in [7, 11) is 0. The quantitative estimate of drug-likeness (QED) is 0.815. The van der Waals surface area contributed by atoms with E-state index in [1.165, 1.54) is 0 Å². The van der Waals surface area contributed by atoms with Gasteiger partial charge in [-0.05, 0) is 32.4 Å². The smallest absolute Gasteiger partial charge is 0.192 e. The van der Waals surface area contributed by atoms with E-state index in [1.807, 2.05) is 12.3 Å². The maximum atomic E-state index is 5.95. The maximum absolute atomic E-state index is 5.95. The van der Waals surface area contributed by atoms with Crippen LogP contribution >= 0.6 is 0 Å². The lowest BCUT2D eigenvalue weighted by molar-refractivity contribution is 0.184. The van der Waals surface area contributed by atoms with Gasteiger partial charge < -0.3 is 10.6 Å². The van der Waals surface area contributed by atoms with Gasteiger partial charge in [0.25, 0.3) is 0 Å². The van der Waals surface area contributed by atoms with Gasteiger partial charge in [0.05, 0.1) is 12.1 Å². The molecule has 1 aliphatic rings. The number of aliphatic imine (C=N–C) groups is 1. The maximum Gasteiger partial charge on any atom is 0.192 e. The summed E-state index contributed by atoms with van der Waals surface area (Å²) in [5, 5.41) is 0. The van der Waals surface area contributed by atoms with Crippen LogP contribution in [0.15, 0.2) is 29.5 Å². The average Bonchev–Trinajstić information content (AvgIpc) is 2.57. The van der Waals surface area contributed by atoms with Gasteiger partial charge in [0.1, 0.15) is 0 Å². The van der Waals surface area contributed by atoms with E-state index in [-0.39, 0.29) is 5.54 Å². The molecule has 0 saturated carbocycles. The predicted octanol–water partition coefficient (Wildman–Crippen LogP) is 1.34. The highest BCUT2D eigenvalue weighted by molar-refractivity contribution is 5.81. The van der Waals surface area contributed by atoms with Crippen molar-refractivity contribution in [3.63, 3.8) is 0 Å². The van der Waals surface area contributed by atoms with Crippen LogP contribution in [0.3, 0.4) is 0 Å². The third-order valence-electron chi connectivity index (χ3n) is 3.13. The zero-order valence-corrected chi connectivity index (χ0v) is 10.0. The van der Waals surface area contributed by atoms with Crippen LogP contribution in [0.25, 0.3) is 0 Å². The summed E-state index contributed by atoms with van der Waals surface area (Å²) >= 11 is 0. The Morgan fingerprint density at radius 3 is 2.81 bits per heavy atom. The van der Waals surface area contributed by atoms with E-state index in [4.69, 9.17) is 5.73 Å². The fraction of sp³-hybridized carbons (Fsp3) is 0.500. The second-order valence-electron chi connectivity index (χ2n) is 4.65. The summed E-state index contributed by atoms with van der Waals surface area (Å²) in [4.78, 5) is 10.7. The molecule has 0 radical (unpaired) electrons. The van der Waals surface area contributed by atoms with Crippen LogP contribution in [-0.4, -0.2) is 28.4 Å². The fourth-order valence-electron chi connectivity index (χ4n) is 2.39. The van der Waals surface area contributed by atoms with E-state index in [9.17, 15) is 0 Å².